The maximum atomic E-state index is 13.4. The van der Waals surface area contributed by atoms with Crippen LogP contribution in [0, 0.1) is 5.82 Å². The number of nitrogens with two attached hydrogens (primary N) is 1. The summed E-state index contributed by atoms with van der Waals surface area (Å²) in [5, 5.41) is 7.47. The van der Waals surface area contributed by atoms with Gasteiger partial charge in [0.1, 0.15) is 11.9 Å². The van der Waals surface area contributed by atoms with Crippen LogP contribution in [0.5, 0.6) is 0 Å². The molecule has 1 unspecified atom stereocenters. The molecule has 0 bridgehead atoms. The third kappa shape index (κ3) is 4.85. The van der Waals surface area contributed by atoms with E-state index in [1.54, 1.807) is 0 Å². The van der Waals surface area contributed by atoms with Crippen molar-refractivity contribution in [2.24, 2.45) is 5.14 Å². The monoisotopic (exact) mass is 431 g/mol. The Balaban J connectivity index is 1.79. The second kappa shape index (κ2) is 7.64. The summed E-state index contributed by atoms with van der Waals surface area (Å²) in [5.74, 6) is -0.818. The summed E-state index contributed by atoms with van der Waals surface area (Å²) in [6.45, 7) is 0.512. The first-order valence-corrected chi connectivity index (χ1v) is 10.0. The molecule has 156 valence electrons. The molecule has 11 heteroatoms. The molecular formula is C18H17F4N3O3S. The Hall–Kier alpha value is -2.66. The Kier molecular flexibility index (Phi) is 5.54. The summed E-state index contributed by atoms with van der Waals surface area (Å²) >= 11 is 0. The van der Waals surface area contributed by atoms with Crippen LogP contribution in [0.15, 0.2) is 47.4 Å². The van der Waals surface area contributed by atoms with Crippen LogP contribution in [0.4, 0.5) is 23.2 Å². The van der Waals surface area contributed by atoms with Crippen molar-refractivity contribution in [3.8, 4) is 0 Å². The van der Waals surface area contributed by atoms with E-state index >= 15 is 0 Å². The normalized spacial score (nSPS) is 17.6. The number of anilines is 1. The van der Waals surface area contributed by atoms with Gasteiger partial charge >= 0.3 is 6.18 Å². The van der Waals surface area contributed by atoms with E-state index in [1.165, 1.54) is 29.2 Å². The molecule has 6 nitrogen and oxygen atoms in total. The molecule has 0 aliphatic carbocycles. The molecule has 1 fully saturated rings. The quantitative estimate of drug-likeness (QED) is 0.712. The van der Waals surface area contributed by atoms with Crippen LogP contribution in [0.2, 0.25) is 0 Å². The summed E-state index contributed by atoms with van der Waals surface area (Å²) in [4.78, 5) is 13.3. The summed E-state index contributed by atoms with van der Waals surface area (Å²) in [6, 6.07) is 6.99. The molecule has 0 aromatic heterocycles. The van der Waals surface area contributed by atoms with Gasteiger partial charge in [0.05, 0.1) is 10.5 Å². The standard InChI is InChI=1S/C18H17F4N3O3S/c19-12-3-1-11(2-4-12)10-25-8-7-16(17(25)26)24-15-6-5-13(29(23,27)28)9-14(15)18(20,21)22/h1-6,9,16,24H,7-8,10H2,(H2,23,27,28). The van der Waals surface area contributed by atoms with Crippen LogP contribution in [0.1, 0.15) is 17.5 Å². The molecule has 1 aliphatic rings. The van der Waals surface area contributed by atoms with E-state index in [-0.39, 0.29) is 13.0 Å². The number of nitrogens with one attached hydrogen (secondary N) is 1. The van der Waals surface area contributed by atoms with Gasteiger partial charge in [-0.2, -0.15) is 13.2 Å². The van der Waals surface area contributed by atoms with E-state index < -0.39 is 50.1 Å². The molecule has 0 saturated carbocycles. The summed E-state index contributed by atoms with van der Waals surface area (Å²) in [7, 11) is -4.32. The topological polar surface area (TPSA) is 92.5 Å². The van der Waals surface area contributed by atoms with Crippen molar-refractivity contribution >= 4 is 21.6 Å². The largest absolute Gasteiger partial charge is 0.418 e. The molecule has 3 rings (SSSR count). The lowest BCUT2D eigenvalue weighted by atomic mass is 10.1. The second-order valence-corrected chi connectivity index (χ2v) is 8.18. The first-order valence-electron chi connectivity index (χ1n) is 8.49. The number of nitrogens with zero attached hydrogens (tertiary/aromatic N) is 1. The molecular weight excluding hydrogens is 414 g/mol. The molecule has 1 heterocycles. The number of primary sulfonamides is 1. The van der Waals surface area contributed by atoms with Gasteiger partial charge in [0.15, 0.2) is 0 Å². The van der Waals surface area contributed by atoms with E-state index in [9.17, 15) is 30.8 Å². The SMILES string of the molecule is NS(=O)(=O)c1ccc(NC2CCN(Cc3ccc(F)cc3)C2=O)c(C(F)(F)F)c1. The van der Waals surface area contributed by atoms with Crippen molar-refractivity contribution in [1.29, 1.82) is 0 Å². The van der Waals surface area contributed by atoms with Crippen LogP contribution < -0.4 is 10.5 Å². The Labute approximate surface area is 164 Å². The number of carbonyl (C=O) groups excluding carboxylic acids is 1. The molecule has 29 heavy (non-hydrogen) atoms. The van der Waals surface area contributed by atoms with Crippen molar-refractivity contribution in [3.63, 3.8) is 0 Å². The highest BCUT2D eigenvalue weighted by molar-refractivity contribution is 7.89. The van der Waals surface area contributed by atoms with Crippen molar-refractivity contribution in [1.82, 2.24) is 4.90 Å². The molecule has 1 amide bonds. The van der Waals surface area contributed by atoms with Gasteiger partial charge < -0.3 is 10.2 Å². The molecule has 1 atom stereocenters. The maximum absolute atomic E-state index is 13.4. The fourth-order valence-electron chi connectivity index (χ4n) is 3.09. The molecule has 1 saturated heterocycles. The molecule has 2 aromatic rings. The Morgan fingerprint density at radius 1 is 1.14 bits per heavy atom. The number of benzene rings is 2. The van der Waals surface area contributed by atoms with E-state index in [0.717, 1.165) is 12.1 Å². The number of hydrogen-bond donors (Lipinski definition) is 2. The maximum Gasteiger partial charge on any atom is 0.418 e. The average Bonchev–Trinajstić information content (AvgIpc) is 2.95. The van der Waals surface area contributed by atoms with Crippen molar-refractivity contribution < 1.29 is 30.8 Å². The molecule has 0 radical (unpaired) electrons. The highest BCUT2D eigenvalue weighted by Crippen LogP contribution is 2.37. The predicted molar refractivity (Wildman–Crippen MR) is 96.7 cm³/mol. The van der Waals surface area contributed by atoms with Crippen LogP contribution in [-0.4, -0.2) is 31.8 Å². The lowest BCUT2D eigenvalue weighted by molar-refractivity contribution is -0.137. The number of rotatable bonds is 5. The number of amides is 1. The molecule has 3 N–H and O–H groups in total. The number of likely N-dealkylation sites (tertiary alicyclic amines) is 1. The van der Waals surface area contributed by atoms with E-state index in [4.69, 9.17) is 5.14 Å². The second-order valence-electron chi connectivity index (χ2n) is 6.62. The number of sulfonamides is 1. The zero-order valence-electron chi connectivity index (χ0n) is 14.9. The van der Waals surface area contributed by atoms with Crippen LogP contribution in [0.3, 0.4) is 0 Å². The van der Waals surface area contributed by atoms with E-state index in [1.807, 2.05) is 0 Å². The number of alkyl halides is 3. The summed E-state index contributed by atoms with van der Waals surface area (Å²) in [5.41, 5.74) is -0.949. The Bertz CT molecular complexity index is 1020. The number of hydrogen-bond acceptors (Lipinski definition) is 4. The Morgan fingerprint density at radius 2 is 1.79 bits per heavy atom. The highest BCUT2D eigenvalue weighted by Gasteiger charge is 2.37. The third-order valence-electron chi connectivity index (χ3n) is 4.54. The van der Waals surface area contributed by atoms with Gasteiger partial charge in [-0.05, 0) is 42.3 Å². The van der Waals surface area contributed by atoms with E-state index in [2.05, 4.69) is 5.32 Å². The van der Waals surface area contributed by atoms with Gasteiger partial charge in [-0.3, -0.25) is 4.79 Å². The minimum Gasteiger partial charge on any atom is -0.373 e. The fourth-order valence-corrected chi connectivity index (χ4v) is 3.63. The van der Waals surface area contributed by atoms with Gasteiger partial charge in [0.2, 0.25) is 15.9 Å². The zero-order valence-corrected chi connectivity index (χ0v) is 15.7. The van der Waals surface area contributed by atoms with Gasteiger partial charge in [-0.15, -0.1) is 0 Å². The molecule has 0 spiro atoms. The average molecular weight is 431 g/mol. The van der Waals surface area contributed by atoms with Gasteiger partial charge in [-0.25, -0.2) is 17.9 Å². The van der Waals surface area contributed by atoms with Crippen LogP contribution in [-0.2, 0) is 27.5 Å². The first kappa shape index (κ1) is 21.1. The molecule has 1 aliphatic heterocycles. The van der Waals surface area contributed by atoms with Crippen molar-refractivity contribution in [3.05, 3.63) is 59.4 Å². The molecule has 2 aromatic carbocycles. The minimum absolute atomic E-state index is 0.202. The smallest absolute Gasteiger partial charge is 0.373 e. The number of halogens is 4. The van der Waals surface area contributed by atoms with Crippen LogP contribution in [0.25, 0.3) is 0 Å². The van der Waals surface area contributed by atoms with Crippen molar-refractivity contribution in [2.45, 2.75) is 30.1 Å². The predicted octanol–water partition coefficient (Wildman–Crippen LogP) is 2.70. The summed E-state index contributed by atoms with van der Waals surface area (Å²) < 4.78 is 75.9. The summed E-state index contributed by atoms with van der Waals surface area (Å²) in [6.07, 6.45) is -4.59. The number of carbonyl (C=O) groups is 1. The zero-order chi connectivity index (χ0) is 21.4. The van der Waals surface area contributed by atoms with E-state index in [0.29, 0.717) is 18.2 Å². The first-order chi connectivity index (χ1) is 13.4. The highest BCUT2D eigenvalue weighted by atomic mass is 32.2. The van der Waals surface area contributed by atoms with Gasteiger partial charge in [-0.1, -0.05) is 12.1 Å². The van der Waals surface area contributed by atoms with Crippen LogP contribution >= 0.6 is 0 Å². The third-order valence-corrected chi connectivity index (χ3v) is 5.45. The fraction of sp³-hybridized carbons (Fsp3) is 0.278. The van der Waals surface area contributed by atoms with Gasteiger partial charge in [0.25, 0.3) is 0 Å². The minimum atomic E-state index is -4.85. The van der Waals surface area contributed by atoms with Crippen molar-refractivity contribution in [2.75, 3.05) is 11.9 Å². The Morgan fingerprint density at radius 3 is 2.38 bits per heavy atom. The lowest BCUT2D eigenvalue weighted by Crippen LogP contribution is -2.33. The van der Waals surface area contributed by atoms with Gasteiger partial charge in [0, 0.05) is 18.8 Å². The lowest BCUT2D eigenvalue weighted by Gasteiger charge is -2.20.